The highest BCUT2D eigenvalue weighted by atomic mass is 35.5. The lowest BCUT2D eigenvalue weighted by molar-refractivity contribution is -0.119. The molecule has 0 atom stereocenters. The maximum absolute atomic E-state index is 13.4. The number of hydrogen-bond donors (Lipinski definition) is 1. The molecule has 32 heavy (non-hydrogen) atoms. The molecule has 0 spiro atoms. The van der Waals surface area contributed by atoms with Gasteiger partial charge in [-0.2, -0.15) is 0 Å². The van der Waals surface area contributed by atoms with Crippen molar-refractivity contribution >= 4 is 33.2 Å². The number of nitrogens with zero attached hydrogens (tertiary/aromatic N) is 1. The summed E-state index contributed by atoms with van der Waals surface area (Å²) in [5.41, 5.74) is 2.17. The van der Waals surface area contributed by atoms with E-state index in [1.54, 1.807) is 25.1 Å². The number of amides is 1. The minimum absolute atomic E-state index is 0.0563. The Kier molecular flexibility index (Phi) is 7.77. The van der Waals surface area contributed by atoms with Crippen molar-refractivity contribution in [1.82, 2.24) is 5.32 Å². The molecule has 0 saturated heterocycles. The van der Waals surface area contributed by atoms with E-state index in [4.69, 9.17) is 16.3 Å². The van der Waals surface area contributed by atoms with Gasteiger partial charge in [0, 0.05) is 5.02 Å². The molecule has 0 aliphatic rings. The maximum Gasteiger partial charge on any atom is 0.264 e. The van der Waals surface area contributed by atoms with Crippen LogP contribution in [-0.4, -0.2) is 34.0 Å². The Hall–Kier alpha value is -3.03. The number of anilines is 1. The molecule has 0 unspecified atom stereocenters. The van der Waals surface area contributed by atoms with Crippen molar-refractivity contribution in [2.75, 3.05) is 24.0 Å². The highest BCUT2D eigenvalue weighted by Crippen LogP contribution is 2.27. The Balaban J connectivity index is 1.73. The summed E-state index contributed by atoms with van der Waals surface area (Å²) in [5.74, 6) is 0.313. The van der Waals surface area contributed by atoms with Gasteiger partial charge in [0.1, 0.15) is 18.9 Å². The summed E-state index contributed by atoms with van der Waals surface area (Å²) in [6.07, 6.45) is 0. The second kappa shape index (κ2) is 10.5. The number of aryl methyl sites for hydroxylation is 2. The number of nitrogens with one attached hydrogen (secondary N) is 1. The van der Waals surface area contributed by atoms with Crippen LogP contribution in [0.1, 0.15) is 11.1 Å². The van der Waals surface area contributed by atoms with Gasteiger partial charge in [0.25, 0.3) is 10.0 Å². The molecule has 0 aliphatic carbocycles. The van der Waals surface area contributed by atoms with Crippen LogP contribution in [-0.2, 0) is 14.8 Å². The van der Waals surface area contributed by atoms with Gasteiger partial charge in [-0.05, 0) is 61.4 Å². The molecule has 3 aromatic carbocycles. The average molecular weight is 473 g/mol. The molecule has 0 aromatic heterocycles. The van der Waals surface area contributed by atoms with Crippen LogP contribution in [0.4, 0.5) is 5.69 Å². The molecule has 0 aliphatic heterocycles. The fourth-order valence-electron chi connectivity index (χ4n) is 3.13. The molecule has 0 bridgehead atoms. The molecule has 1 amide bonds. The first-order chi connectivity index (χ1) is 15.3. The molecular weight excluding hydrogens is 448 g/mol. The van der Waals surface area contributed by atoms with Crippen molar-refractivity contribution in [3.63, 3.8) is 0 Å². The van der Waals surface area contributed by atoms with Gasteiger partial charge in [0.2, 0.25) is 5.91 Å². The monoisotopic (exact) mass is 472 g/mol. The van der Waals surface area contributed by atoms with E-state index in [2.05, 4.69) is 5.32 Å². The predicted molar refractivity (Wildman–Crippen MR) is 127 cm³/mol. The van der Waals surface area contributed by atoms with Gasteiger partial charge in [-0.1, -0.05) is 48.0 Å². The van der Waals surface area contributed by atoms with Crippen LogP contribution < -0.4 is 14.4 Å². The lowest BCUT2D eigenvalue weighted by Crippen LogP contribution is -2.42. The highest BCUT2D eigenvalue weighted by molar-refractivity contribution is 7.92. The van der Waals surface area contributed by atoms with E-state index < -0.39 is 15.9 Å². The smallest absolute Gasteiger partial charge is 0.264 e. The van der Waals surface area contributed by atoms with Crippen LogP contribution in [0.5, 0.6) is 5.75 Å². The normalized spacial score (nSPS) is 11.1. The van der Waals surface area contributed by atoms with E-state index in [0.717, 1.165) is 21.2 Å². The van der Waals surface area contributed by atoms with Crippen molar-refractivity contribution in [2.45, 2.75) is 18.7 Å². The fourth-order valence-corrected chi connectivity index (χ4v) is 4.74. The molecule has 8 heteroatoms. The number of hydrogen-bond acceptors (Lipinski definition) is 4. The van der Waals surface area contributed by atoms with Crippen LogP contribution in [0.3, 0.4) is 0 Å². The van der Waals surface area contributed by atoms with Crippen molar-refractivity contribution in [1.29, 1.82) is 0 Å². The second-order valence-electron chi connectivity index (χ2n) is 7.22. The number of carbonyl (C=O) groups is 1. The Bertz CT molecular complexity index is 1180. The maximum atomic E-state index is 13.4. The van der Waals surface area contributed by atoms with E-state index in [-0.39, 0.29) is 24.6 Å². The van der Waals surface area contributed by atoms with Crippen molar-refractivity contribution in [2.24, 2.45) is 0 Å². The predicted octanol–water partition coefficient (Wildman–Crippen LogP) is 4.35. The zero-order valence-corrected chi connectivity index (χ0v) is 19.5. The van der Waals surface area contributed by atoms with Crippen molar-refractivity contribution < 1.29 is 17.9 Å². The number of sulfonamides is 1. The quantitative estimate of drug-likeness (QED) is 0.470. The van der Waals surface area contributed by atoms with E-state index in [0.29, 0.717) is 10.7 Å². The minimum atomic E-state index is -3.99. The van der Waals surface area contributed by atoms with E-state index in [1.807, 2.05) is 37.3 Å². The molecule has 3 aromatic rings. The standard InChI is InChI=1S/C24H25ClN2O4S/c1-18-7-3-5-9-22(18)27(32(29,30)21-13-11-20(25)12-14-21)17-24(28)26-15-16-31-23-10-6-4-8-19(23)2/h3-14H,15-17H2,1-2H3,(H,26,28). The molecule has 0 heterocycles. The largest absolute Gasteiger partial charge is 0.491 e. The van der Waals surface area contributed by atoms with Gasteiger partial charge in [0.15, 0.2) is 0 Å². The fraction of sp³-hybridized carbons (Fsp3) is 0.208. The number of rotatable bonds is 9. The Labute approximate surface area is 193 Å². The third-order valence-corrected chi connectivity index (χ3v) is 6.87. The van der Waals surface area contributed by atoms with Crippen molar-refractivity contribution in [3.05, 3.63) is 88.9 Å². The van der Waals surface area contributed by atoms with Gasteiger partial charge in [-0.25, -0.2) is 8.42 Å². The highest BCUT2D eigenvalue weighted by Gasteiger charge is 2.28. The topological polar surface area (TPSA) is 75.7 Å². The molecule has 0 saturated carbocycles. The minimum Gasteiger partial charge on any atom is -0.491 e. The van der Waals surface area contributed by atoms with E-state index in [1.165, 1.54) is 24.3 Å². The number of carbonyl (C=O) groups excluding carboxylic acids is 1. The third kappa shape index (κ3) is 5.81. The summed E-state index contributed by atoms with van der Waals surface area (Å²) < 4.78 is 33.5. The van der Waals surface area contributed by atoms with Crippen LogP contribution in [0.25, 0.3) is 0 Å². The lowest BCUT2D eigenvalue weighted by Gasteiger charge is -2.25. The molecular formula is C24H25ClN2O4S. The SMILES string of the molecule is Cc1ccccc1OCCNC(=O)CN(c1ccccc1C)S(=O)(=O)c1ccc(Cl)cc1. The van der Waals surface area contributed by atoms with Gasteiger partial charge < -0.3 is 10.1 Å². The zero-order chi connectivity index (χ0) is 23.1. The van der Waals surface area contributed by atoms with Gasteiger partial charge in [-0.15, -0.1) is 0 Å². The Morgan fingerprint density at radius 1 is 0.938 bits per heavy atom. The van der Waals surface area contributed by atoms with Crippen LogP contribution in [0.2, 0.25) is 5.02 Å². The second-order valence-corrected chi connectivity index (χ2v) is 9.51. The van der Waals surface area contributed by atoms with Gasteiger partial charge in [0.05, 0.1) is 17.1 Å². The van der Waals surface area contributed by atoms with Crippen LogP contribution >= 0.6 is 11.6 Å². The first kappa shape index (κ1) is 23.6. The molecule has 3 rings (SSSR count). The van der Waals surface area contributed by atoms with E-state index in [9.17, 15) is 13.2 Å². The zero-order valence-electron chi connectivity index (χ0n) is 17.9. The van der Waals surface area contributed by atoms with Crippen molar-refractivity contribution in [3.8, 4) is 5.75 Å². The summed E-state index contributed by atoms with van der Waals surface area (Å²) in [4.78, 5) is 12.7. The summed E-state index contributed by atoms with van der Waals surface area (Å²) in [6, 6.07) is 20.5. The Morgan fingerprint density at radius 3 is 2.22 bits per heavy atom. The number of halogens is 1. The molecule has 0 radical (unpaired) electrons. The van der Waals surface area contributed by atoms with Gasteiger partial charge >= 0.3 is 0 Å². The first-order valence-electron chi connectivity index (χ1n) is 10.1. The Morgan fingerprint density at radius 2 is 1.56 bits per heavy atom. The van der Waals surface area contributed by atoms with Crippen LogP contribution in [0.15, 0.2) is 77.7 Å². The number of ether oxygens (including phenoxy) is 1. The summed E-state index contributed by atoms with van der Waals surface area (Å²) in [6.45, 7) is 3.89. The molecule has 6 nitrogen and oxygen atoms in total. The average Bonchev–Trinajstić information content (AvgIpc) is 2.77. The number of para-hydroxylation sites is 2. The summed E-state index contributed by atoms with van der Waals surface area (Å²) >= 11 is 5.91. The van der Waals surface area contributed by atoms with E-state index >= 15 is 0 Å². The summed E-state index contributed by atoms with van der Waals surface area (Å²) in [7, 11) is -3.99. The first-order valence-corrected chi connectivity index (χ1v) is 11.9. The molecule has 1 N–H and O–H groups in total. The number of benzene rings is 3. The lowest BCUT2D eigenvalue weighted by atomic mass is 10.2. The summed E-state index contributed by atoms with van der Waals surface area (Å²) in [5, 5.41) is 3.16. The van der Waals surface area contributed by atoms with Gasteiger partial charge in [-0.3, -0.25) is 9.10 Å². The molecule has 168 valence electrons. The van der Waals surface area contributed by atoms with Crippen LogP contribution in [0, 0.1) is 13.8 Å². The third-order valence-electron chi connectivity index (χ3n) is 4.85. The molecule has 0 fully saturated rings.